The van der Waals surface area contributed by atoms with Crippen molar-refractivity contribution in [2.24, 2.45) is 0 Å². The van der Waals surface area contributed by atoms with Gasteiger partial charge < -0.3 is 5.11 Å². The lowest BCUT2D eigenvalue weighted by Gasteiger charge is -2.22. The standard InChI is InChI=1S/C59H55N3O/c1-37-29-39(3)56(63)51(30-37)57-61-55-48(21-16-22-53(55)62(57)54-36-49(41-17-12-10-13-18-41)38(2)31-50(54)42-19-14-11-15-20-42)44-32-45(34-47(33-44)59(7,8)9)52-35-43(27-28-60-52)40-23-25-46(26-24-40)58(4,5)6/h10-36,63H,1-9H3/i4D3,5D3,6D3,23D,24D,25D,26D. The van der Waals surface area contributed by atoms with Crippen molar-refractivity contribution in [2.45, 2.75) is 72.9 Å². The molecule has 4 heteroatoms. The van der Waals surface area contributed by atoms with Gasteiger partial charge in [0.05, 0.1) is 33.5 Å². The molecule has 0 unspecified atom stereocenters. The number of imidazole rings is 1. The number of rotatable bonds is 7. The van der Waals surface area contributed by atoms with Crippen molar-refractivity contribution in [3.8, 4) is 78.6 Å². The van der Waals surface area contributed by atoms with Crippen molar-refractivity contribution < 1.29 is 22.9 Å². The highest BCUT2D eigenvalue weighted by Crippen LogP contribution is 2.44. The molecule has 0 saturated heterocycles. The summed E-state index contributed by atoms with van der Waals surface area (Å²) in [7, 11) is 0. The van der Waals surface area contributed by atoms with Crippen LogP contribution >= 0.6 is 0 Å². The van der Waals surface area contributed by atoms with Gasteiger partial charge in [-0.3, -0.25) is 9.55 Å². The number of benzene rings is 7. The molecule has 0 atom stereocenters. The second-order valence-corrected chi connectivity index (χ2v) is 17.3. The van der Waals surface area contributed by atoms with E-state index in [1.165, 1.54) is 12.3 Å². The number of aromatic hydroxyl groups is 1. The molecule has 0 amide bonds. The summed E-state index contributed by atoms with van der Waals surface area (Å²) >= 11 is 0. The van der Waals surface area contributed by atoms with Crippen LogP contribution in [0.4, 0.5) is 0 Å². The predicted octanol–water partition coefficient (Wildman–Crippen LogP) is 15.6. The van der Waals surface area contributed by atoms with Crippen LogP contribution in [-0.2, 0) is 10.8 Å². The van der Waals surface area contributed by atoms with Crippen LogP contribution < -0.4 is 0 Å². The zero-order chi connectivity index (χ0) is 55.2. The molecule has 0 saturated carbocycles. The van der Waals surface area contributed by atoms with Crippen LogP contribution in [0.1, 0.15) is 87.0 Å². The molecular weight excluding hydrogens is 767 g/mol. The van der Waals surface area contributed by atoms with Crippen molar-refractivity contribution in [3.63, 3.8) is 0 Å². The number of para-hydroxylation sites is 1. The van der Waals surface area contributed by atoms with Gasteiger partial charge in [-0.05, 0) is 141 Å². The molecule has 0 spiro atoms. The Morgan fingerprint density at radius 1 is 0.540 bits per heavy atom. The summed E-state index contributed by atoms with van der Waals surface area (Å²) in [6.45, 7) is 0.768. The van der Waals surface area contributed by atoms with Crippen LogP contribution in [0.3, 0.4) is 0 Å². The maximum Gasteiger partial charge on any atom is 0.149 e. The highest BCUT2D eigenvalue weighted by atomic mass is 16.3. The monoisotopic (exact) mass is 835 g/mol. The Balaban J connectivity index is 1.29. The smallest absolute Gasteiger partial charge is 0.149 e. The topological polar surface area (TPSA) is 50.9 Å². The third kappa shape index (κ3) is 7.98. The van der Waals surface area contributed by atoms with Gasteiger partial charge in [0.1, 0.15) is 11.6 Å². The number of aromatic nitrogens is 3. The van der Waals surface area contributed by atoms with E-state index >= 15 is 0 Å². The zero-order valence-corrected chi connectivity index (χ0v) is 36.1. The first kappa shape index (κ1) is 28.5. The number of phenols is 1. The molecule has 2 heterocycles. The van der Waals surface area contributed by atoms with Crippen molar-refractivity contribution in [1.82, 2.24) is 14.5 Å². The highest BCUT2D eigenvalue weighted by molar-refractivity contribution is 5.98. The summed E-state index contributed by atoms with van der Waals surface area (Å²) in [4.78, 5) is 10.2. The minimum atomic E-state index is -3.81. The molecule has 0 radical (unpaired) electrons. The lowest BCUT2D eigenvalue weighted by Crippen LogP contribution is -2.11. The Labute approximate surface area is 390 Å². The van der Waals surface area contributed by atoms with Gasteiger partial charge in [0, 0.05) is 35.2 Å². The SMILES string of the molecule is [2H]c1c([2H])c(C(C([2H])([2H])[2H])(C([2H])([2H])[2H])C([2H])([2H])[2H])c([2H])c([2H])c1-c1ccnc(-c2cc(-c3cccc4c3nc(-c3cc(C)cc(C)c3O)n4-c3cc(-c4ccccc4)c(C)cc3-c3ccccc3)cc(C(C)(C)C)c2)c1. The van der Waals surface area contributed by atoms with Gasteiger partial charge in [-0.25, -0.2) is 4.98 Å². The van der Waals surface area contributed by atoms with E-state index in [0.717, 1.165) is 61.3 Å². The Morgan fingerprint density at radius 3 is 1.90 bits per heavy atom. The fraction of sp³-hybridized carbons (Fsp3) is 0.186. The number of aryl methyl sites for hydroxylation is 3. The minimum Gasteiger partial charge on any atom is -0.507 e. The Morgan fingerprint density at radius 2 is 1.22 bits per heavy atom. The molecule has 0 aliphatic heterocycles. The van der Waals surface area contributed by atoms with E-state index in [9.17, 15) is 5.11 Å². The summed E-state index contributed by atoms with van der Waals surface area (Å²) in [6, 6.07) is 39.9. The van der Waals surface area contributed by atoms with Gasteiger partial charge >= 0.3 is 0 Å². The number of phenolic OH excluding ortho intramolecular Hbond substituents is 1. The van der Waals surface area contributed by atoms with Crippen LogP contribution in [0.2, 0.25) is 0 Å². The number of hydrogen-bond acceptors (Lipinski definition) is 3. The van der Waals surface area contributed by atoms with Crippen molar-refractivity contribution in [2.75, 3.05) is 0 Å². The highest BCUT2D eigenvalue weighted by Gasteiger charge is 2.25. The van der Waals surface area contributed by atoms with Gasteiger partial charge in [0.2, 0.25) is 0 Å². The van der Waals surface area contributed by atoms with Crippen LogP contribution in [0.25, 0.3) is 83.9 Å². The minimum absolute atomic E-state index is 0.103. The Kier molecular flexibility index (Phi) is 7.26. The quantitative estimate of drug-likeness (QED) is 0.174. The van der Waals surface area contributed by atoms with Crippen LogP contribution in [0.15, 0.2) is 164 Å². The van der Waals surface area contributed by atoms with Gasteiger partial charge in [0.15, 0.2) is 0 Å². The molecule has 63 heavy (non-hydrogen) atoms. The van der Waals surface area contributed by atoms with Crippen LogP contribution in [-0.4, -0.2) is 19.6 Å². The fourth-order valence-corrected chi connectivity index (χ4v) is 8.30. The number of fused-ring (bicyclic) bond motifs is 1. The first-order valence-electron chi connectivity index (χ1n) is 27.4. The normalized spacial score (nSPS) is 15.6. The summed E-state index contributed by atoms with van der Waals surface area (Å²) in [6.07, 6.45) is 1.44. The molecule has 0 bridgehead atoms. The molecule has 4 nitrogen and oxygen atoms in total. The second-order valence-electron chi connectivity index (χ2n) is 17.3. The van der Waals surface area contributed by atoms with Gasteiger partial charge in [-0.2, -0.15) is 0 Å². The lowest BCUT2D eigenvalue weighted by atomic mass is 9.83. The van der Waals surface area contributed by atoms with E-state index < -0.39 is 61.1 Å². The Bertz CT molecular complexity index is 3680. The molecule has 0 aliphatic rings. The molecule has 9 rings (SSSR count). The molecule has 9 aromatic rings. The first-order chi connectivity index (χ1) is 35.6. The zero-order valence-electron chi connectivity index (χ0n) is 49.1. The molecule has 0 fully saturated rings. The van der Waals surface area contributed by atoms with E-state index in [0.29, 0.717) is 33.7 Å². The third-order valence-electron chi connectivity index (χ3n) is 11.6. The van der Waals surface area contributed by atoms with Crippen LogP contribution in [0, 0.1) is 20.8 Å². The summed E-state index contributed by atoms with van der Waals surface area (Å²) in [5, 5.41) is 12.0. The molecule has 7 aromatic carbocycles. The molecule has 312 valence electrons. The second kappa shape index (κ2) is 16.0. The largest absolute Gasteiger partial charge is 0.507 e. The average molecular weight is 835 g/mol. The average Bonchev–Trinajstić information content (AvgIpc) is 3.85. The Hall–Kier alpha value is -7.04. The van der Waals surface area contributed by atoms with Crippen LogP contribution in [0.5, 0.6) is 5.75 Å². The summed E-state index contributed by atoms with van der Waals surface area (Å²) < 4.78 is 113. The van der Waals surface area contributed by atoms with Crippen molar-refractivity contribution >= 4 is 11.0 Å². The third-order valence-corrected chi connectivity index (χ3v) is 11.6. The van der Waals surface area contributed by atoms with Crippen molar-refractivity contribution in [1.29, 1.82) is 0 Å². The van der Waals surface area contributed by atoms with E-state index in [2.05, 4.69) is 74.7 Å². The molecule has 0 aliphatic carbocycles. The summed E-state index contributed by atoms with van der Waals surface area (Å²) in [5.41, 5.74) is 7.38. The maximum atomic E-state index is 12.0. The van der Waals surface area contributed by atoms with E-state index in [1.54, 1.807) is 6.07 Å². The van der Waals surface area contributed by atoms with Gasteiger partial charge in [0.25, 0.3) is 0 Å². The maximum absolute atomic E-state index is 12.0. The molecular formula is C59H55N3O. The number of pyridine rings is 1. The molecule has 2 aromatic heterocycles. The van der Waals surface area contributed by atoms with E-state index in [-0.39, 0.29) is 16.9 Å². The number of hydrogen-bond donors (Lipinski definition) is 1. The van der Waals surface area contributed by atoms with Gasteiger partial charge in [-0.15, -0.1) is 0 Å². The molecule has 1 N–H and O–H groups in total. The number of nitrogens with zero attached hydrogens (tertiary/aromatic N) is 3. The van der Waals surface area contributed by atoms with E-state index in [4.69, 9.17) is 27.8 Å². The van der Waals surface area contributed by atoms with Gasteiger partial charge in [-0.1, -0.05) is 150 Å². The summed E-state index contributed by atoms with van der Waals surface area (Å²) in [5.74, 6) is 0.624. The first-order valence-corrected chi connectivity index (χ1v) is 20.9. The predicted molar refractivity (Wildman–Crippen MR) is 265 cm³/mol. The fourth-order valence-electron chi connectivity index (χ4n) is 8.30. The van der Waals surface area contributed by atoms with Crippen molar-refractivity contribution in [3.05, 3.63) is 192 Å². The lowest BCUT2D eigenvalue weighted by molar-refractivity contribution is 0.472. The van der Waals surface area contributed by atoms with E-state index in [1.807, 2.05) is 92.7 Å².